The average Bonchev–Trinajstić information content (AvgIpc) is 2.76. The number of Topliss-reactive ketones (excluding diaryl/α,β-unsaturated/α-hetero) is 1. The molecule has 1 atom stereocenters. The van der Waals surface area contributed by atoms with Gasteiger partial charge < -0.3 is 14.2 Å². The van der Waals surface area contributed by atoms with Gasteiger partial charge in [0.1, 0.15) is 11.5 Å². The minimum Gasteiger partial charge on any atom is -0.469 e. The van der Waals surface area contributed by atoms with E-state index in [1.807, 2.05) is 12.1 Å². The molecule has 4 nitrogen and oxygen atoms in total. The van der Waals surface area contributed by atoms with Gasteiger partial charge >= 0.3 is 0 Å². The van der Waals surface area contributed by atoms with Crippen molar-refractivity contribution in [2.75, 3.05) is 33.7 Å². The third-order valence-corrected chi connectivity index (χ3v) is 3.39. The van der Waals surface area contributed by atoms with Crippen LogP contribution >= 0.6 is 0 Å². The summed E-state index contributed by atoms with van der Waals surface area (Å²) >= 11 is 0. The first-order chi connectivity index (χ1) is 8.15. The molecule has 0 bridgehead atoms. The van der Waals surface area contributed by atoms with Crippen LogP contribution in [0.15, 0.2) is 22.8 Å². The average molecular weight is 236 g/mol. The van der Waals surface area contributed by atoms with Crippen molar-refractivity contribution in [2.24, 2.45) is 0 Å². The van der Waals surface area contributed by atoms with Crippen molar-refractivity contribution in [3.8, 4) is 0 Å². The van der Waals surface area contributed by atoms with Crippen LogP contribution in [0.5, 0.6) is 0 Å². The molecule has 1 aliphatic heterocycles. The van der Waals surface area contributed by atoms with E-state index in [0.717, 1.165) is 25.4 Å². The van der Waals surface area contributed by atoms with E-state index in [9.17, 15) is 4.79 Å². The number of likely N-dealkylation sites (N-methyl/N-ethyl adjacent to an activating group) is 2. The molecule has 94 valence electrons. The van der Waals surface area contributed by atoms with E-state index in [0.29, 0.717) is 18.9 Å². The Morgan fingerprint density at radius 2 is 2.29 bits per heavy atom. The minimum absolute atomic E-state index is 0.257. The van der Waals surface area contributed by atoms with E-state index in [4.69, 9.17) is 4.42 Å². The summed E-state index contributed by atoms with van der Waals surface area (Å²) in [7, 11) is 4.20. The maximum absolute atomic E-state index is 11.9. The number of ketones is 1. The van der Waals surface area contributed by atoms with Gasteiger partial charge in [0.05, 0.1) is 12.7 Å². The van der Waals surface area contributed by atoms with Crippen molar-refractivity contribution in [1.82, 2.24) is 9.80 Å². The molecule has 0 N–H and O–H groups in total. The van der Waals surface area contributed by atoms with Crippen molar-refractivity contribution in [2.45, 2.75) is 18.9 Å². The molecule has 0 aromatic carbocycles. The normalized spacial score (nSPS) is 22.8. The minimum atomic E-state index is 0.257. The fourth-order valence-electron chi connectivity index (χ4n) is 2.26. The molecule has 1 unspecified atom stereocenters. The molecule has 1 aromatic heterocycles. The lowest BCUT2D eigenvalue weighted by atomic mass is 10.0. The molecule has 0 spiro atoms. The van der Waals surface area contributed by atoms with Crippen molar-refractivity contribution < 1.29 is 9.21 Å². The molecule has 1 saturated heterocycles. The monoisotopic (exact) mass is 236 g/mol. The van der Waals surface area contributed by atoms with Gasteiger partial charge in [-0.15, -0.1) is 0 Å². The molecule has 2 rings (SSSR count). The number of nitrogens with zero attached hydrogens (tertiary/aromatic N) is 2. The Labute approximate surface area is 102 Å². The maximum atomic E-state index is 11.9. The van der Waals surface area contributed by atoms with Crippen molar-refractivity contribution in [3.63, 3.8) is 0 Å². The topological polar surface area (TPSA) is 36.7 Å². The number of furan rings is 1. The summed E-state index contributed by atoms with van der Waals surface area (Å²) in [6.45, 7) is 3.09. The predicted octanol–water partition coefficient (Wildman–Crippen LogP) is 1.03. The number of carbonyl (C=O) groups excluding carboxylic acids is 1. The largest absolute Gasteiger partial charge is 0.469 e. The number of hydrogen-bond acceptors (Lipinski definition) is 4. The fourth-order valence-corrected chi connectivity index (χ4v) is 2.26. The zero-order valence-electron chi connectivity index (χ0n) is 10.6. The molecular weight excluding hydrogens is 216 g/mol. The standard InChI is InChI=1S/C13H20N2O2/c1-14-5-6-15(2)11(10-14)8-12(16)9-13-4-3-7-17-13/h3-4,7,11H,5-6,8-10H2,1-2H3. The first-order valence-electron chi connectivity index (χ1n) is 6.08. The SMILES string of the molecule is CN1CCN(C)C(CC(=O)Cc2ccco2)C1. The van der Waals surface area contributed by atoms with Crippen LogP contribution in [0.25, 0.3) is 0 Å². The third-order valence-electron chi connectivity index (χ3n) is 3.39. The van der Waals surface area contributed by atoms with Gasteiger partial charge in [-0.25, -0.2) is 0 Å². The number of hydrogen-bond donors (Lipinski definition) is 0. The molecular formula is C13H20N2O2. The highest BCUT2D eigenvalue weighted by Crippen LogP contribution is 2.12. The zero-order valence-corrected chi connectivity index (χ0v) is 10.6. The molecule has 0 amide bonds. The van der Waals surface area contributed by atoms with Gasteiger partial charge in [0, 0.05) is 32.1 Å². The molecule has 0 aliphatic carbocycles. The summed E-state index contributed by atoms with van der Waals surface area (Å²) in [6.07, 6.45) is 2.64. The van der Waals surface area contributed by atoms with Crippen molar-refractivity contribution in [1.29, 1.82) is 0 Å². The first kappa shape index (κ1) is 12.3. The lowest BCUT2D eigenvalue weighted by Crippen LogP contribution is -2.50. The summed E-state index contributed by atoms with van der Waals surface area (Å²) in [6, 6.07) is 4.02. The highest BCUT2D eigenvalue weighted by Gasteiger charge is 2.24. The molecule has 1 aliphatic rings. The Morgan fingerprint density at radius 3 is 3.00 bits per heavy atom. The second-order valence-corrected chi connectivity index (χ2v) is 4.90. The van der Waals surface area contributed by atoms with E-state index in [1.165, 1.54) is 0 Å². The molecule has 1 fully saturated rings. The molecule has 0 radical (unpaired) electrons. The van der Waals surface area contributed by atoms with E-state index in [2.05, 4.69) is 23.9 Å². The predicted molar refractivity (Wildman–Crippen MR) is 66.0 cm³/mol. The molecule has 1 aromatic rings. The summed E-state index contributed by atoms with van der Waals surface area (Å²) in [4.78, 5) is 16.5. The van der Waals surface area contributed by atoms with Crippen LogP contribution in [-0.2, 0) is 11.2 Å². The van der Waals surface area contributed by atoms with Gasteiger partial charge in [-0.1, -0.05) is 0 Å². The summed E-state index contributed by atoms with van der Waals surface area (Å²) in [5.41, 5.74) is 0. The van der Waals surface area contributed by atoms with Gasteiger partial charge in [-0.3, -0.25) is 4.79 Å². The highest BCUT2D eigenvalue weighted by molar-refractivity contribution is 5.80. The number of piperazine rings is 1. The van der Waals surface area contributed by atoms with Gasteiger partial charge in [0.2, 0.25) is 0 Å². The maximum Gasteiger partial charge on any atom is 0.142 e. The summed E-state index contributed by atoms with van der Waals surface area (Å²) < 4.78 is 5.20. The van der Waals surface area contributed by atoms with E-state index in [-0.39, 0.29) is 5.78 Å². The van der Waals surface area contributed by atoms with E-state index in [1.54, 1.807) is 6.26 Å². The fraction of sp³-hybridized carbons (Fsp3) is 0.615. The van der Waals surface area contributed by atoms with Gasteiger partial charge in [0.25, 0.3) is 0 Å². The van der Waals surface area contributed by atoms with Crippen LogP contribution in [0.4, 0.5) is 0 Å². The Morgan fingerprint density at radius 1 is 1.47 bits per heavy atom. The van der Waals surface area contributed by atoms with Crippen LogP contribution in [0.2, 0.25) is 0 Å². The van der Waals surface area contributed by atoms with Gasteiger partial charge in [-0.05, 0) is 26.2 Å². The molecule has 2 heterocycles. The Kier molecular flexibility index (Phi) is 3.97. The van der Waals surface area contributed by atoms with Gasteiger partial charge in [-0.2, -0.15) is 0 Å². The second kappa shape index (κ2) is 5.47. The first-order valence-corrected chi connectivity index (χ1v) is 6.08. The number of carbonyl (C=O) groups is 1. The Bertz CT molecular complexity index is 362. The lowest BCUT2D eigenvalue weighted by molar-refractivity contribution is -0.120. The van der Waals surface area contributed by atoms with Crippen LogP contribution in [0.1, 0.15) is 12.2 Å². The van der Waals surface area contributed by atoms with Crippen LogP contribution in [0, 0.1) is 0 Å². The van der Waals surface area contributed by atoms with Crippen LogP contribution < -0.4 is 0 Å². The number of rotatable bonds is 4. The second-order valence-electron chi connectivity index (χ2n) is 4.90. The van der Waals surface area contributed by atoms with Crippen molar-refractivity contribution in [3.05, 3.63) is 24.2 Å². The molecule has 4 heteroatoms. The third kappa shape index (κ3) is 3.41. The smallest absolute Gasteiger partial charge is 0.142 e. The van der Waals surface area contributed by atoms with E-state index < -0.39 is 0 Å². The zero-order chi connectivity index (χ0) is 12.3. The highest BCUT2D eigenvalue weighted by atomic mass is 16.3. The molecule has 17 heavy (non-hydrogen) atoms. The Balaban J connectivity index is 1.85. The van der Waals surface area contributed by atoms with Crippen molar-refractivity contribution >= 4 is 5.78 Å². The van der Waals surface area contributed by atoms with E-state index >= 15 is 0 Å². The Hall–Kier alpha value is -1.13. The summed E-state index contributed by atoms with van der Waals surface area (Å²) in [5, 5.41) is 0. The van der Waals surface area contributed by atoms with Crippen LogP contribution in [-0.4, -0.2) is 55.4 Å². The summed E-state index contributed by atoms with van der Waals surface area (Å²) in [5.74, 6) is 1.02. The van der Waals surface area contributed by atoms with Gasteiger partial charge in [0.15, 0.2) is 0 Å². The molecule has 0 saturated carbocycles. The van der Waals surface area contributed by atoms with Crippen LogP contribution in [0.3, 0.4) is 0 Å². The quantitative estimate of drug-likeness (QED) is 0.782. The lowest BCUT2D eigenvalue weighted by Gasteiger charge is -2.37.